The summed E-state index contributed by atoms with van der Waals surface area (Å²) in [5, 5.41) is 4.89. The van der Waals surface area contributed by atoms with Crippen molar-refractivity contribution in [2.24, 2.45) is 0 Å². The summed E-state index contributed by atoms with van der Waals surface area (Å²) in [6, 6.07) is 88.4. The fourth-order valence-corrected chi connectivity index (χ4v) is 14.7. The van der Waals surface area contributed by atoms with E-state index in [0.717, 1.165) is 50.1 Å². The van der Waals surface area contributed by atoms with Crippen LogP contribution in [0.4, 0.5) is 17.1 Å². The van der Waals surface area contributed by atoms with Crippen molar-refractivity contribution in [3.05, 3.63) is 270 Å². The molecule has 342 valence electrons. The number of hydrogen-bond acceptors (Lipinski definition) is 3. The van der Waals surface area contributed by atoms with Crippen LogP contribution in [0.25, 0.3) is 97.7 Å². The van der Waals surface area contributed by atoms with Crippen LogP contribution >= 0.6 is 11.3 Å². The monoisotopic (exact) mass is 947 g/mol. The van der Waals surface area contributed by atoms with Crippen molar-refractivity contribution in [1.82, 2.24) is 0 Å². The zero-order valence-corrected chi connectivity index (χ0v) is 41.1. The highest BCUT2D eigenvalue weighted by Gasteiger charge is 2.52. The maximum absolute atomic E-state index is 7.07. The minimum absolute atomic E-state index is 0.162. The van der Waals surface area contributed by atoms with E-state index >= 15 is 0 Å². The molecule has 2 aromatic heterocycles. The predicted molar refractivity (Wildman–Crippen MR) is 306 cm³/mol. The predicted octanol–water partition coefficient (Wildman–Crippen LogP) is 19.4. The highest BCUT2D eigenvalue weighted by atomic mass is 32.1. The van der Waals surface area contributed by atoms with Crippen molar-refractivity contribution >= 4 is 70.5 Å². The average molecular weight is 948 g/mol. The fraction of sp³-hybridized carbons (Fsp3) is 0.0571. The topological polar surface area (TPSA) is 16.4 Å². The van der Waals surface area contributed by atoms with Gasteiger partial charge in [0.2, 0.25) is 0 Å². The first-order valence-corrected chi connectivity index (χ1v) is 26.2. The number of rotatable bonds is 5. The number of benzene rings is 11. The molecule has 3 aliphatic carbocycles. The zero-order valence-electron chi connectivity index (χ0n) is 40.3. The van der Waals surface area contributed by atoms with E-state index in [9.17, 15) is 0 Å². The van der Waals surface area contributed by atoms with Gasteiger partial charge >= 0.3 is 0 Å². The molecule has 2 heterocycles. The lowest BCUT2D eigenvalue weighted by Gasteiger charge is -2.32. The van der Waals surface area contributed by atoms with Crippen molar-refractivity contribution < 1.29 is 4.42 Å². The third-order valence-corrected chi connectivity index (χ3v) is 17.9. The van der Waals surface area contributed by atoms with Gasteiger partial charge in [0.15, 0.2) is 0 Å². The normalized spacial score (nSPS) is 14.1. The third kappa shape index (κ3) is 5.52. The number of furan rings is 1. The van der Waals surface area contributed by atoms with E-state index in [0.29, 0.717) is 0 Å². The highest BCUT2D eigenvalue weighted by Crippen LogP contribution is 2.64. The van der Waals surface area contributed by atoms with Gasteiger partial charge in [-0.3, -0.25) is 0 Å². The van der Waals surface area contributed by atoms with Crippen molar-refractivity contribution in [3.63, 3.8) is 0 Å². The van der Waals surface area contributed by atoms with Crippen LogP contribution in [-0.4, -0.2) is 0 Å². The Morgan fingerprint density at radius 2 is 0.863 bits per heavy atom. The van der Waals surface area contributed by atoms with Gasteiger partial charge in [-0.15, -0.1) is 11.3 Å². The van der Waals surface area contributed by atoms with Crippen LogP contribution in [0.15, 0.2) is 241 Å². The molecule has 0 amide bonds. The molecule has 0 atom stereocenters. The summed E-state index contributed by atoms with van der Waals surface area (Å²) in [5.41, 5.74) is 24.7. The smallest absolute Gasteiger partial charge is 0.143 e. The molecule has 0 aliphatic heterocycles. The molecule has 0 N–H and O–H groups in total. The molecule has 2 nitrogen and oxygen atoms in total. The second-order valence-corrected chi connectivity index (χ2v) is 21.7. The highest BCUT2D eigenvalue weighted by molar-refractivity contribution is 7.26. The molecule has 0 unspecified atom stereocenters. The maximum Gasteiger partial charge on any atom is 0.143 e. The zero-order chi connectivity index (χ0) is 48.2. The molecular formula is C70H45NOS. The van der Waals surface area contributed by atoms with Gasteiger partial charge in [0.25, 0.3) is 0 Å². The fourth-order valence-electron chi connectivity index (χ4n) is 13.4. The Bertz CT molecular complexity index is 4430. The Morgan fingerprint density at radius 1 is 0.342 bits per heavy atom. The molecular weight excluding hydrogens is 903 g/mol. The lowest BCUT2D eigenvalue weighted by atomic mass is 9.70. The second kappa shape index (κ2) is 14.9. The van der Waals surface area contributed by atoms with Crippen LogP contribution in [-0.2, 0) is 10.8 Å². The quantitative estimate of drug-likeness (QED) is 0.171. The first kappa shape index (κ1) is 40.9. The van der Waals surface area contributed by atoms with E-state index < -0.39 is 5.41 Å². The molecule has 0 bridgehead atoms. The summed E-state index contributed by atoms with van der Waals surface area (Å²) in [5.74, 6) is 0. The summed E-state index contributed by atoms with van der Waals surface area (Å²) in [7, 11) is 0. The minimum Gasteiger partial charge on any atom is -0.455 e. The van der Waals surface area contributed by atoms with Crippen LogP contribution in [0.2, 0.25) is 0 Å². The number of thiophene rings is 1. The van der Waals surface area contributed by atoms with Crippen molar-refractivity contribution in [3.8, 4) is 55.6 Å². The molecule has 16 rings (SSSR count). The van der Waals surface area contributed by atoms with Gasteiger partial charge in [-0.2, -0.15) is 0 Å². The van der Waals surface area contributed by atoms with Crippen molar-refractivity contribution in [2.45, 2.75) is 24.7 Å². The van der Waals surface area contributed by atoms with Gasteiger partial charge < -0.3 is 9.32 Å². The molecule has 73 heavy (non-hydrogen) atoms. The minimum atomic E-state index is -0.594. The Morgan fingerprint density at radius 3 is 1.60 bits per heavy atom. The molecule has 1 spiro atoms. The molecule has 0 saturated carbocycles. The van der Waals surface area contributed by atoms with Crippen LogP contribution in [0.5, 0.6) is 0 Å². The standard InChI is InChI=1S/C70H45NOS/c1-69(2)59-26-10-6-18-49(59)52-36-34-45(38-62(52)69)71(44-32-30-43(31-33-44)48-23-15-25-56-54-21-9-13-29-66(54)73-68(48)56)46-35-37-53-57-40-58-55-24-14-22-47(42-16-4-3-5-17-42)67(55)72-65(58)41-64(57)70(63(53)39-46)60-27-11-7-19-50(60)51-20-8-12-28-61(51)70/h3-41H,1-2H3. The largest absolute Gasteiger partial charge is 0.455 e. The van der Waals surface area contributed by atoms with Gasteiger partial charge in [0, 0.05) is 59.0 Å². The van der Waals surface area contributed by atoms with Crippen LogP contribution in [0.3, 0.4) is 0 Å². The second-order valence-electron chi connectivity index (χ2n) is 20.7. The summed E-state index contributed by atoms with van der Waals surface area (Å²) < 4.78 is 9.71. The lowest BCUT2D eigenvalue weighted by Crippen LogP contribution is -2.26. The molecule has 13 aromatic rings. The Balaban J connectivity index is 0.930. The average Bonchev–Trinajstić information content (AvgIpc) is 4.22. The number of nitrogens with zero attached hydrogens (tertiary/aromatic N) is 1. The first-order chi connectivity index (χ1) is 35.9. The van der Waals surface area contributed by atoms with E-state index in [2.05, 4.69) is 255 Å². The van der Waals surface area contributed by atoms with Gasteiger partial charge in [0.1, 0.15) is 11.2 Å². The van der Waals surface area contributed by atoms with Gasteiger partial charge in [-0.25, -0.2) is 0 Å². The molecule has 0 radical (unpaired) electrons. The molecule has 3 aliphatic rings. The van der Waals surface area contributed by atoms with Gasteiger partial charge in [-0.05, 0) is 138 Å². The molecule has 0 fully saturated rings. The van der Waals surface area contributed by atoms with E-state index in [1.807, 2.05) is 11.3 Å². The third-order valence-electron chi connectivity index (χ3n) is 16.7. The van der Waals surface area contributed by atoms with Gasteiger partial charge in [-0.1, -0.05) is 196 Å². The number of fused-ring (bicyclic) bond motifs is 19. The summed E-state index contributed by atoms with van der Waals surface area (Å²) in [6.07, 6.45) is 0. The number of anilines is 3. The van der Waals surface area contributed by atoms with E-state index in [1.165, 1.54) is 98.1 Å². The van der Waals surface area contributed by atoms with Gasteiger partial charge in [0.05, 0.1) is 5.41 Å². The van der Waals surface area contributed by atoms with Crippen LogP contribution in [0.1, 0.15) is 47.2 Å². The Hall–Kier alpha value is -8.76. The molecule has 3 heteroatoms. The molecule has 11 aromatic carbocycles. The SMILES string of the molecule is CC1(C)c2ccccc2-c2ccc(N(c3ccc(-c4cccc5c4sc4ccccc45)cc3)c3ccc4c(c3)C3(c5ccccc5-c5ccccc53)c3cc5oc6c(-c7ccccc7)cccc6c5cc3-4)cc21. The lowest BCUT2D eigenvalue weighted by molar-refractivity contribution is 0.660. The van der Waals surface area contributed by atoms with E-state index in [1.54, 1.807) is 0 Å². The number of hydrogen-bond donors (Lipinski definition) is 0. The molecule has 0 saturated heterocycles. The van der Waals surface area contributed by atoms with Crippen molar-refractivity contribution in [1.29, 1.82) is 0 Å². The van der Waals surface area contributed by atoms with Crippen LogP contribution in [0, 0.1) is 0 Å². The van der Waals surface area contributed by atoms with Crippen molar-refractivity contribution in [2.75, 3.05) is 4.90 Å². The summed E-state index contributed by atoms with van der Waals surface area (Å²) >= 11 is 1.88. The first-order valence-electron chi connectivity index (χ1n) is 25.4. The van der Waals surface area contributed by atoms with Crippen LogP contribution < -0.4 is 4.90 Å². The summed E-state index contributed by atoms with van der Waals surface area (Å²) in [6.45, 7) is 4.75. The number of para-hydroxylation sites is 1. The summed E-state index contributed by atoms with van der Waals surface area (Å²) in [4.78, 5) is 2.50. The Kier molecular flexibility index (Phi) is 8.35. The van der Waals surface area contributed by atoms with E-state index in [-0.39, 0.29) is 5.41 Å². The Labute approximate surface area is 427 Å². The van der Waals surface area contributed by atoms with E-state index in [4.69, 9.17) is 4.42 Å². The maximum atomic E-state index is 7.07.